The molecule has 0 saturated carbocycles. The molecule has 0 aliphatic carbocycles. The normalized spacial score (nSPS) is 10.2. The number of nitrogens with one attached hydrogen (secondary N) is 1. The van der Waals surface area contributed by atoms with Gasteiger partial charge in [-0.15, -0.1) is 0 Å². The predicted octanol–water partition coefficient (Wildman–Crippen LogP) is 3.73. The van der Waals surface area contributed by atoms with Crippen LogP contribution < -0.4 is 5.32 Å². The van der Waals surface area contributed by atoms with Gasteiger partial charge in [-0.05, 0) is 45.8 Å². The minimum absolute atomic E-state index is 0.613. The van der Waals surface area contributed by atoms with Crippen LogP contribution in [0.1, 0.15) is 5.56 Å². The number of ether oxygens (including phenoxy) is 1. The average Bonchev–Trinajstić information content (AvgIpc) is 2.30. The van der Waals surface area contributed by atoms with E-state index in [0.29, 0.717) is 6.61 Å². The maximum absolute atomic E-state index is 5.10. The lowest BCUT2D eigenvalue weighted by molar-refractivity contribution is 0.185. The van der Waals surface area contributed by atoms with Crippen molar-refractivity contribution in [3.8, 4) is 0 Å². The van der Waals surface area contributed by atoms with Gasteiger partial charge >= 0.3 is 0 Å². The molecule has 1 N–H and O–H groups in total. The molecule has 17 heavy (non-hydrogen) atoms. The third kappa shape index (κ3) is 3.54. The van der Waals surface area contributed by atoms with Crippen molar-refractivity contribution in [1.29, 1.82) is 0 Å². The molecule has 0 aliphatic rings. The molecule has 3 nitrogen and oxygen atoms in total. The highest BCUT2D eigenvalue weighted by Gasteiger charge is 1.98. The number of nitrogens with zero attached hydrogens (tertiary/aromatic N) is 1. The van der Waals surface area contributed by atoms with E-state index in [2.05, 4.69) is 26.2 Å². The summed E-state index contributed by atoms with van der Waals surface area (Å²) in [5, 5.41) is 3.25. The largest absolute Gasteiger partial charge is 0.380 e. The van der Waals surface area contributed by atoms with Crippen LogP contribution in [-0.2, 0) is 11.3 Å². The van der Waals surface area contributed by atoms with Crippen LogP contribution in [0.15, 0.2) is 47.1 Å². The molecule has 0 radical (unpaired) electrons. The molecule has 0 fully saturated rings. The Morgan fingerprint density at radius 3 is 2.82 bits per heavy atom. The first kappa shape index (κ1) is 12.1. The van der Waals surface area contributed by atoms with Crippen LogP contribution in [-0.4, -0.2) is 12.1 Å². The highest BCUT2D eigenvalue weighted by molar-refractivity contribution is 9.10. The summed E-state index contributed by atoms with van der Waals surface area (Å²) < 4.78 is 5.92. The van der Waals surface area contributed by atoms with Gasteiger partial charge in [0.25, 0.3) is 0 Å². The second kappa shape index (κ2) is 5.80. The van der Waals surface area contributed by atoms with Gasteiger partial charge in [-0.1, -0.05) is 18.2 Å². The number of anilines is 2. The van der Waals surface area contributed by atoms with Crippen LogP contribution in [0, 0.1) is 0 Å². The summed E-state index contributed by atoms with van der Waals surface area (Å²) in [5.74, 6) is 0.814. The lowest BCUT2D eigenvalue weighted by atomic mass is 10.2. The van der Waals surface area contributed by atoms with Crippen LogP contribution in [0.25, 0.3) is 0 Å². The van der Waals surface area contributed by atoms with E-state index >= 15 is 0 Å². The minimum atomic E-state index is 0.613. The van der Waals surface area contributed by atoms with Crippen molar-refractivity contribution in [2.24, 2.45) is 0 Å². The zero-order valence-electron chi connectivity index (χ0n) is 9.48. The Balaban J connectivity index is 2.15. The summed E-state index contributed by atoms with van der Waals surface area (Å²) in [7, 11) is 1.69. The molecular formula is C13H13BrN2O. The summed E-state index contributed by atoms with van der Waals surface area (Å²) >= 11 is 3.34. The summed E-state index contributed by atoms with van der Waals surface area (Å²) in [5.41, 5.74) is 2.14. The molecule has 0 unspecified atom stereocenters. The molecule has 0 bridgehead atoms. The molecule has 0 amide bonds. The van der Waals surface area contributed by atoms with E-state index < -0.39 is 0 Å². The van der Waals surface area contributed by atoms with Gasteiger partial charge < -0.3 is 10.1 Å². The first-order chi connectivity index (χ1) is 8.28. The molecule has 0 spiro atoms. The Morgan fingerprint density at radius 2 is 2.06 bits per heavy atom. The van der Waals surface area contributed by atoms with E-state index in [1.54, 1.807) is 7.11 Å². The summed E-state index contributed by atoms with van der Waals surface area (Å²) in [6, 6.07) is 13.8. The van der Waals surface area contributed by atoms with Gasteiger partial charge in [0.15, 0.2) is 0 Å². The van der Waals surface area contributed by atoms with Gasteiger partial charge in [0.05, 0.1) is 6.61 Å². The number of aromatic nitrogens is 1. The maximum atomic E-state index is 5.10. The molecule has 88 valence electrons. The standard InChI is InChI=1S/C13H13BrN2O/c1-17-9-10-4-2-5-11(8-10)15-13-7-3-6-12(14)16-13/h2-8H,9H2,1H3,(H,15,16). The fourth-order valence-electron chi connectivity index (χ4n) is 1.53. The van der Waals surface area contributed by atoms with Crippen LogP contribution in [0.2, 0.25) is 0 Å². The Labute approximate surface area is 109 Å². The van der Waals surface area contributed by atoms with Crippen molar-refractivity contribution in [1.82, 2.24) is 4.98 Å². The second-order valence-corrected chi connectivity index (χ2v) is 4.42. The molecule has 0 saturated heterocycles. The zero-order valence-corrected chi connectivity index (χ0v) is 11.1. The van der Waals surface area contributed by atoms with Crippen molar-refractivity contribution in [2.45, 2.75) is 6.61 Å². The van der Waals surface area contributed by atoms with Gasteiger partial charge in [0.2, 0.25) is 0 Å². The van der Waals surface area contributed by atoms with Crippen molar-refractivity contribution in [2.75, 3.05) is 12.4 Å². The quantitative estimate of drug-likeness (QED) is 0.872. The summed E-state index contributed by atoms with van der Waals surface area (Å²) in [4.78, 5) is 4.32. The number of hydrogen-bond donors (Lipinski definition) is 1. The predicted molar refractivity (Wildman–Crippen MR) is 72.4 cm³/mol. The highest BCUT2D eigenvalue weighted by atomic mass is 79.9. The van der Waals surface area contributed by atoms with Crippen molar-refractivity contribution >= 4 is 27.4 Å². The monoisotopic (exact) mass is 292 g/mol. The lowest BCUT2D eigenvalue weighted by Gasteiger charge is -2.07. The van der Waals surface area contributed by atoms with Crippen molar-refractivity contribution in [3.63, 3.8) is 0 Å². The molecule has 1 aromatic heterocycles. The van der Waals surface area contributed by atoms with Crippen LogP contribution in [0.4, 0.5) is 11.5 Å². The molecule has 4 heteroatoms. The highest BCUT2D eigenvalue weighted by Crippen LogP contribution is 2.18. The molecule has 0 atom stereocenters. The number of benzene rings is 1. The molecule has 2 aromatic rings. The van der Waals surface area contributed by atoms with Crippen molar-refractivity contribution < 1.29 is 4.74 Å². The number of hydrogen-bond acceptors (Lipinski definition) is 3. The Kier molecular flexibility index (Phi) is 4.12. The molecule has 1 aromatic carbocycles. The van der Waals surface area contributed by atoms with Gasteiger partial charge in [-0.2, -0.15) is 0 Å². The number of rotatable bonds is 4. The van der Waals surface area contributed by atoms with Crippen LogP contribution in [0.3, 0.4) is 0 Å². The van der Waals surface area contributed by atoms with Gasteiger partial charge in [0, 0.05) is 12.8 Å². The Hall–Kier alpha value is -1.39. The zero-order chi connectivity index (χ0) is 12.1. The van der Waals surface area contributed by atoms with E-state index in [1.807, 2.05) is 42.5 Å². The summed E-state index contributed by atoms with van der Waals surface area (Å²) in [6.45, 7) is 0.613. The fraction of sp³-hybridized carbons (Fsp3) is 0.154. The third-order valence-electron chi connectivity index (χ3n) is 2.23. The van der Waals surface area contributed by atoms with Crippen LogP contribution in [0.5, 0.6) is 0 Å². The molecular weight excluding hydrogens is 280 g/mol. The Bertz CT molecular complexity index is 502. The third-order valence-corrected chi connectivity index (χ3v) is 2.67. The smallest absolute Gasteiger partial charge is 0.131 e. The molecule has 1 heterocycles. The summed E-state index contributed by atoms with van der Waals surface area (Å²) in [6.07, 6.45) is 0. The average molecular weight is 293 g/mol. The number of methoxy groups -OCH3 is 1. The number of halogens is 1. The first-order valence-corrected chi connectivity index (χ1v) is 6.05. The lowest BCUT2D eigenvalue weighted by Crippen LogP contribution is -1.95. The van der Waals surface area contributed by atoms with Crippen molar-refractivity contribution in [3.05, 3.63) is 52.6 Å². The van der Waals surface area contributed by atoms with E-state index in [4.69, 9.17) is 4.74 Å². The topological polar surface area (TPSA) is 34.1 Å². The van der Waals surface area contributed by atoms with Gasteiger partial charge in [-0.3, -0.25) is 0 Å². The van der Waals surface area contributed by atoms with E-state index in [1.165, 1.54) is 0 Å². The minimum Gasteiger partial charge on any atom is -0.380 e. The Morgan fingerprint density at radius 1 is 1.24 bits per heavy atom. The maximum Gasteiger partial charge on any atom is 0.131 e. The number of pyridine rings is 1. The van der Waals surface area contributed by atoms with E-state index in [-0.39, 0.29) is 0 Å². The van der Waals surface area contributed by atoms with Crippen LogP contribution >= 0.6 is 15.9 Å². The van der Waals surface area contributed by atoms with Gasteiger partial charge in [-0.25, -0.2) is 4.98 Å². The molecule has 2 rings (SSSR count). The fourth-order valence-corrected chi connectivity index (χ4v) is 1.87. The van der Waals surface area contributed by atoms with E-state index in [9.17, 15) is 0 Å². The SMILES string of the molecule is COCc1cccc(Nc2cccc(Br)n2)c1. The van der Waals surface area contributed by atoms with Gasteiger partial charge in [0.1, 0.15) is 10.4 Å². The van der Waals surface area contributed by atoms with E-state index in [0.717, 1.165) is 21.7 Å². The molecule has 0 aliphatic heterocycles. The first-order valence-electron chi connectivity index (χ1n) is 5.25. The second-order valence-electron chi connectivity index (χ2n) is 3.60.